The molecular weight excluding hydrogens is 224 g/mol. The maximum atomic E-state index is 4.45. The minimum atomic E-state index is 0.574. The summed E-state index contributed by atoms with van der Waals surface area (Å²) >= 11 is 0. The van der Waals surface area contributed by atoms with Gasteiger partial charge in [0, 0.05) is 0 Å². The summed E-state index contributed by atoms with van der Waals surface area (Å²) < 4.78 is 2.17. The van der Waals surface area contributed by atoms with Crippen LogP contribution in [0.15, 0.2) is 6.33 Å². The maximum absolute atomic E-state index is 4.45. The molecule has 1 N–H and O–H groups in total. The second-order valence-corrected chi connectivity index (χ2v) is 5.39. The smallest absolute Gasteiger partial charge is 0.141 e. The first-order chi connectivity index (χ1) is 8.85. The van der Waals surface area contributed by atoms with E-state index >= 15 is 0 Å². The molecule has 0 radical (unpaired) electrons. The average Bonchev–Trinajstić information content (AvgIpc) is 2.87. The van der Waals surface area contributed by atoms with Gasteiger partial charge in [-0.25, -0.2) is 9.67 Å². The Hall–Kier alpha value is -0.900. The van der Waals surface area contributed by atoms with Crippen molar-refractivity contribution in [1.29, 1.82) is 0 Å². The van der Waals surface area contributed by atoms with Crippen molar-refractivity contribution in [1.82, 2.24) is 20.1 Å². The highest BCUT2D eigenvalue weighted by Gasteiger charge is 2.24. The molecule has 0 amide bonds. The molecule has 2 rings (SSSR count). The van der Waals surface area contributed by atoms with Crippen LogP contribution in [-0.2, 0) is 6.54 Å². The zero-order valence-corrected chi connectivity index (χ0v) is 11.7. The highest BCUT2D eigenvalue weighted by Crippen LogP contribution is 2.34. The van der Waals surface area contributed by atoms with Gasteiger partial charge in [0.2, 0.25) is 0 Å². The summed E-state index contributed by atoms with van der Waals surface area (Å²) in [5, 5.41) is 7.87. The second kappa shape index (κ2) is 6.88. The van der Waals surface area contributed by atoms with Crippen LogP contribution < -0.4 is 5.32 Å². The van der Waals surface area contributed by atoms with Crippen LogP contribution in [0.2, 0.25) is 0 Å². The Morgan fingerprint density at radius 1 is 1.39 bits per heavy atom. The molecule has 1 heterocycles. The Morgan fingerprint density at radius 3 is 3.06 bits per heavy atom. The van der Waals surface area contributed by atoms with E-state index in [0.717, 1.165) is 31.3 Å². The third-order valence-electron chi connectivity index (χ3n) is 4.04. The first-order valence-electron chi connectivity index (χ1n) is 7.44. The van der Waals surface area contributed by atoms with Gasteiger partial charge in [0.05, 0.1) is 12.6 Å². The Morgan fingerprint density at radius 2 is 2.28 bits per heavy atom. The van der Waals surface area contributed by atoms with Crippen LogP contribution in [0.25, 0.3) is 0 Å². The molecule has 1 aliphatic rings. The van der Waals surface area contributed by atoms with Gasteiger partial charge in [-0.2, -0.15) is 5.10 Å². The van der Waals surface area contributed by atoms with Crippen LogP contribution in [0.3, 0.4) is 0 Å². The van der Waals surface area contributed by atoms with Crippen molar-refractivity contribution in [3.63, 3.8) is 0 Å². The summed E-state index contributed by atoms with van der Waals surface area (Å²) in [7, 11) is 0. The predicted molar refractivity (Wildman–Crippen MR) is 73.3 cm³/mol. The first-order valence-corrected chi connectivity index (χ1v) is 7.44. The summed E-state index contributed by atoms with van der Waals surface area (Å²) in [5.41, 5.74) is 0. The molecule has 2 atom stereocenters. The van der Waals surface area contributed by atoms with E-state index in [-0.39, 0.29) is 0 Å². The molecule has 1 aliphatic carbocycles. The quantitative estimate of drug-likeness (QED) is 0.789. The Labute approximate surface area is 110 Å². The lowest BCUT2D eigenvalue weighted by atomic mass is 9.84. The summed E-state index contributed by atoms with van der Waals surface area (Å²) in [4.78, 5) is 4.40. The summed E-state index contributed by atoms with van der Waals surface area (Å²) in [5.74, 6) is 1.98. The molecule has 4 heteroatoms. The van der Waals surface area contributed by atoms with Gasteiger partial charge in [-0.3, -0.25) is 0 Å². The van der Waals surface area contributed by atoms with Crippen LogP contribution >= 0.6 is 0 Å². The van der Waals surface area contributed by atoms with Crippen LogP contribution in [-0.4, -0.2) is 21.3 Å². The summed E-state index contributed by atoms with van der Waals surface area (Å²) in [6.45, 7) is 6.39. The van der Waals surface area contributed by atoms with Gasteiger partial charge in [0.1, 0.15) is 12.2 Å². The van der Waals surface area contributed by atoms with Gasteiger partial charge in [0.25, 0.3) is 0 Å². The van der Waals surface area contributed by atoms with E-state index in [1.54, 1.807) is 6.33 Å². The van der Waals surface area contributed by atoms with E-state index < -0.39 is 0 Å². The minimum Gasteiger partial charge on any atom is -0.310 e. The fourth-order valence-electron chi connectivity index (χ4n) is 2.94. The Bertz CT molecular complexity index is 347. The van der Waals surface area contributed by atoms with E-state index in [1.807, 2.05) is 0 Å². The Balaban J connectivity index is 1.97. The number of nitrogens with zero attached hydrogens (tertiary/aromatic N) is 3. The molecule has 0 aliphatic heterocycles. The second-order valence-electron chi connectivity index (χ2n) is 5.39. The van der Waals surface area contributed by atoms with Crippen LogP contribution in [0.1, 0.15) is 64.2 Å². The topological polar surface area (TPSA) is 42.7 Å². The molecule has 18 heavy (non-hydrogen) atoms. The molecule has 4 nitrogen and oxygen atoms in total. The van der Waals surface area contributed by atoms with Crippen LogP contribution in [0.5, 0.6) is 0 Å². The average molecular weight is 250 g/mol. The lowest BCUT2D eigenvalue weighted by Gasteiger charge is -2.29. The maximum Gasteiger partial charge on any atom is 0.141 e. The van der Waals surface area contributed by atoms with Crippen molar-refractivity contribution >= 4 is 0 Å². The third-order valence-corrected chi connectivity index (χ3v) is 4.04. The molecule has 0 spiro atoms. The monoisotopic (exact) mass is 250 g/mol. The number of nitrogens with one attached hydrogen (secondary N) is 1. The molecule has 2 unspecified atom stereocenters. The first kappa shape index (κ1) is 13.5. The molecule has 1 fully saturated rings. The van der Waals surface area contributed by atoms with E-state index in [4.69, 9.17) is 0 Å². The molecule has 0 saturated heterocycles. The van der Waals surface area contributed by atoms with Crippen LogP contribution in [0, 0.1) is 5.92 Å². The molecule has 1 saturated carbocycles. The van der Waals surface area contributed by atoms with Crippen molar-refractivity contribution in [3.05, 3.63) is 12.2 Å². The minimum absolute atomic E-state index is 0.574. The highest BCUT2D eigenvalue weighted by molar-refractivity contribution is 4.89. The predicted octanol–water partition coefficient (Wildman–Crippen LogP) is 2.92. The van der Waals surface area contributed by atoms with Crippen molar-refractivity contribution in [2.75, 3.05) is 6.54 Å². The number of hydrogen-bond acceptors (Lipinski definition) is 3. The molecule has 0 bridgehead atoms. The van der Waals surface area contributed by atoms with E-state index in [0.29, 0.717) is 6.04 Å². The molecule has 1 aromatic heterocycles. The van der Waals surface area contributed by atoms with Crippen molar-refractivity contribution in [2.45, 2.75) is 65.0 Å². The molecule has 1 aromatic rings. The van der Waals surface area contributed by atoms with Gasteiger partial charge in [-0.15, -0.1) is 0 Å². The van der Waals surface area contributed by atoms with Gasteiger partial charge < -0.3 is 5.32 Å². The zero-order chi connectivity index (χ0) is 12.8. The van der Waals surface area contributed by atoms with E-state index in [9.17, 15) is 0 Å². The van der Waals surface area contributed by atoms with Crippen LogP contribution in [0.4, 0.5) is 0 Å². The fourth-order valence-corrected chi connectivity index (χ4v) is 2.94. The normalized spacial score (nSPS) is 24.3. The molecule has 102 valence electrons. The summed E-state index contributed by atoms with van der Waals surface area (Å²) in [6, 6.07) is 0.574. The standard InChI is InChI=1S/C14H26N4/c1-3-8-15-10-14-16-11-17-18(14)13-7-5-6-12(4-2)9-13/h11-13,15H,3-10H2,1-2H3. The van der Waals surface area contributed by atoms with Crippen molar-refractivity contribution < 1.29 is 0 Å². The number of hydrogen-bond donors (Lipinski definition) is 1. The van der Waals surface area contributed by atoms with Gasteiger partial charge in [0.15, 0.2) is 0 Å². The third kappa shape index (κ3) is 3.31. The highest BCUT2D eigenvalue weighted by atomic mass is 15.4. The van der Waals surface area contributed by atoms with Gasteiger partial charge in [-0.1, -0.05) is 33.1 Å². The lowest BCUT2D eigenvalue weighted by molar-refractivity contribution is 0.242. The largest absolute Gasteiger partial charge is 0.310 e. The Kier molecular flexibility index (Phi) is 5.17. The van der Waals surface area contributed by atoms with E-state index in [1.165, 1.54) is 32.1 Å². The van der Waals surface area contributed by atoms with Gasteiger partial charge in [-0.05, 0) is 31.7 Å². The number of aromatic nitrogens is 3. The van der Waals surface area contributed by atoms with Crippen molar-refractivity contribution in [3.8, 4) is 0 Å². The number of rotatable bonds is 6. The van der Waals surface area contributed by atoms with Crippen molar-refractivity contribution in [2.24, 2.45) is 5.92 Å². The zero-order valence-electron chi connectivity index (χ0n) is 11.7. The SMILES string of the molecule is CCCNCc1ncnn1C1CCCC(CC)C1. The summed E-state index contributed by atoms with van der Waals surface area (Å²) in [6.07, 6.45) is 9.44. The lowest BCUT2D eigenvalue weighted by Crippen LogP contribution is -2.24. The van der Waals surface area contributed by atoms with E-state index in [2.05, 4.69) is 33.9 Å². The molecule has 0 aromatic carbocycles. The fraction of sp³-hybridized carbons (Fsp3) is 0.857. The molecular formula is C14H26N4. The van der Waals surface area contributed by atoms with Gasteiger partial charge >= 0.3 is 0 Å².